The second kappa shape index (κ2) is 6.88. The SMILES string of the molecule is CCC(NC(C)Cc1ccccc1C)c1cccs1. The molecule has 0 aliphatic carbocycles. The molecule has 102 valence electrons. The van der Waals surface area contributed by atoms with E-state index in [9.17, 15) is 0 Å². The maximum Gasteiger partial charge on any atom is 0.0414 e. The Hall–Kier alpha value is -1.12. The van der Waals surface area contributed by atoms with Crippen molar-refractivity contribution in [3.63, 3.8) is 0 Å². The van der Waals surface area contributed by atoms with Crippen LogP contribution in [0.15, 0.2) is 41.8 Å². The number of rotatable bonds is 6. The largest absolute Gasteiger partial charge is 0.306 e. The number of hydrogen-bond acceptors (Lipinski definition) is 2. The van der Waals surface area contributed by atoms with Crippen molar-refractivity contribution in [1.82, 2.24) is 5.32 Å². The van der Waals surface area contributed by atoms with E-state index in [1.165, 1.54) is 16.0 Å². The lowest BCUT2D eigenvalue weighted by molar-refractivity contribution is 0.448. The highest BCUT2D eigenvalue weighted by Crippen LogP contribution is 2.22. The summed E-state index contributed by atoms with van der Waals surface area (Å²) in [4.78, 5) is 1.44. The second-order valence-corrected chi connectivity index (χ2v) is 6.15. The zero-order valence-corrected chi connectivity index (χ0v) is 12.8. The van der Waals surface area contributed by atoms with Gasteiger partial charge in [0, 0.05) is 17.0 Å². The summed E-state index contributed by atoms with van der Waals surface area (Å²) in [5, 5.41) is 5.91. The molecule has 0 radical (unpaired) electrons. The minimum Gasteiger partial charge on any atom is -0.306 e. The average molecular weight is 273 g/mol. The maximum absolute atomic E-state index is 3.76. The standard InChI is InChI=1S/C17H23NS/c1-4-16(17-10-7-11-19-17)18-14(3)12-15-9-6-5-8-13(15)2/h5-11,14,16,18H,4,12H2,1-3H3. The van der Waals surface area contributed by atoms with Gasteiger partial charge in [-0.1, -0.05) is 37.3 Å². The van der Waals surface area contributed by atoms with E-state index in [0.717, 1.165) is 12.8 Å². The van der Waals surface area contributed by atoms with Crippen LogP contribution in [0, 0.1) is 6.92 Å². The van der Waals surface area contributed by atoms with Crippen LogP contribution >= 0.6 is 11.3 Å². The summed E-state index contributed by atoms with van der Waals surface area (Å²) in [5.74, 6) is 0. The third-order valence-electron chi connectivity index (χ3n) is 3.57. The van der Waals surface area contributed by atoms with Gasteiger partial charge in [-0.05, 0) is 49.3 Å². The summed E-state index contributed by atoms with van der Waals surface area (Å²) >= 11 is 1.84. The first-order valence-electron chi connectivity index (χ1n) is 7.04. The Morgan fingerprint density at radius 2 is 1.95 bits per heavy atom. The van der Waals surface area contributed by atoms with Gasteiger partial charge in [-0.3, -0.25) is 0 Å². The van der Waals surface area contributed by atoms with Crippen molar-refractivity contribution in [1.29, 1.82) is 0 Å². The Morgan fingerprint density at radius 3 is 2.58 bits per heavy atom. The van der Waals surface area contributed by atoms with Gasteiger partial charge in [-0.2, -0.15) is 0 Å². The Bertz CT molecular complexity index is 490. The summed E-state index contributed by atoms with van der Waals surface area (Å²) in [6, 6.07) is 14.0. The second-order valence-electron chi connectivity index (χ2n) is 5.17. The van der Waals surface area contributed by atoms with Crippen molar-refractivity contribution in [3.05, 3.63) is 57.8 Å². The first-order valence-corrected chi connectivity index (χ1v) is 7.92. The molecule has 0 spiro atoms. The Labute approximate surface area is 120 Å². The van der Waals surface area contributed by atoms with E-state index in [1.54, 1.807) is 0 Å². The van der Waals surface area contributed by atoms with Crippen LogP contribution in [0.5, 0.6) is 0 Å². The molecule has 1 heterocycles. The number of aryl methyl sites for hydroxylation is 1. The number of hydrogen-bond donors (Lipinski definition) is 1. The average Bonchev–Trinajstić information content (AvgIpc) is 2.92. The van der Waals surface area contributed by atoms with E-state index in [0.29, 0.717) is 12.1 Å². The molecule has 1 aromatic heterocycles. The highest BCUT2D eigenvalue weighted by atomic mass is 32.1. The maximum atomic E-state index is 3.76. The fourth-order valence-electron chi connectivity index (χ4n) is 2.46. The molecule has 0 saturated carbocycles. The first kappa shape index (κ1) is 14.3. The lowest BCUT2D eigenvalue weighted by Gasteiger charge is -2.22. The molecular formula is C17H23NS. The Kier molecular flexibility index (Phi) is 5.17. The van der Waals surface area contributed by atoms with Crippen LogP contribution in [0.4, 0.5) is 0 Å². The van der Waals surface area contributed by atoms with E-state index in [2.05, 4.69) is 67.9 Å². The van der Waals surface area contributed by atoms with E-state index >= 15 is 0 Å². The third kappa shape index (κ3) is 3.92. The molecule has 2 heteroatoms. The van der Waals surface area contributed by atoms with Crippen molar-refractivity contribution >= 4 is 11.3 Å². The number of benzene rings is 1. The number of thiophene rings is 1. The molecule has 0 saturated heterocycles. The van der Waals surface area contributed by atoms with Gasteiger partial charge in [-0.15, -0.1) is 11.3 Å². The Morgan fingerprint density at radius 1 is 1.16 bits per heavy atom. The van der Waals surface area contributed by atoms with E-state index < -0.39 is 0 Å². The molecule has 2 rings (SSSR count). The number of nitrogens with one attached hydrogen (secondary N) is 1. The van der Waals surface area contributed by atoms with Gasteiger partial charge < -0.3 is 5.32 Å². The van der Waals surface area contributed by atoms with Crippen LogP contribution in [0.1, 0.15) is 42.3 Å². The summed E-state index contributed by atoms with van der Waals surface area (Å²) in [6.07, 6.45) is 2.23. The summed E-state index contributed by atoms with van der Waals surface area (Å²) in [6.45, 7) is 6.72. The summed E-state index contributed by atoms with van der Waals surface area (Å²) < 4.78 is 0. The molecule has 0 fully saturated rings. The van der Waals surface area contributed by atoms with Crippen molar-refractivity contribution in [3.8, 4) is 0 Å². The van der Waals surface area contributed by atoms with Gasteiger partial charge in [-0.25, -0.2) is 0 Å². The Balaban J connectivity index is 1.97. The quantitative estimate of drug-likeness (QED) is 0.802. The van der Waals surface area contributed by atoms with Crippen molar-refractivity contribution in [2.45, 2.75) is 45.7 Å². The highest BCUT2D eigenvalue weighted by molar-refractivity contribution is 7.10. The van der Waals surface area contributed by atoms with E-state index in [4.69, 9.17) is 0 Å². The van der Waals surface area contributed by atoms with Crippen LogP contribution in [-0.4, -0.2) is 6.04 Å². The van der Waals surface area contributed by atoms with E-state index in [-0.39, 0.29) is 0 Å². The fraction of sp³-hybridized carbons (Fsp3) is 0.412. The summed E-state index contributed by atoms with van der Waals surface area (Å²) in [7, 11) is 0. The first-order chi connectivity index (χ1) is 9.20. The molecule has 1 N–H and O–H groups in total. The molecule has 19 heavy (non-hydrogen) atoms. The third-order valence-corrected chi connectivity index (χ3v) is 4.55. The molecule has 2 atom stereocenters. The van der Waals surface area contributed by atoms with Gasteiger partial charge in [0.2, 0.25) is 0 Å². The van der Waals surface area contributed by atoms with Crippen molar-refractivity contribution < 1.29 is 0 Å². The molecule has 0 aliphatic rings. The highest BCUT2D eigenvalue weighted by Gasteiger charge is 2.14. The molecule has 2 aromatic rings. The van der Waals surface area contributed by atoms with Gasteiger partial charge in [0.05, 0.1) is 0 Å². The van der Waals surface area contributed by atoms with Gasteiger partial charge in [0.25, 0.3) is 0 Å². The minimum absolute atomic E-state index is 0.485. The van der Waals surface area contributed by atoms with E-state index in [1.807, 2.05) is 11.3 Å². The normalized spacial score (nSPS) is 14.3. The van der Waals surface area contributed by atoms with Crippen molar-refractivity contribution in [2.75, 3.05) is 0 Å². The lowest BCUT2D eigenvalue weighted by atomic mass is 10.0. The smallest absolute Gasteiger partial charge is 0.0414 e. The van der Waals surface area contributed by atoms with Crippen LogP contribution in [-0.2, 0) is 6.42 Å². The fourth-order valence-corrected chi connectivity index (χ4v) is 3.33. The predicted octanol–water partition coefficient (Wildman–Crippen LogP) is 4.73. The van der Waals surface area contributed by atoms with Crippen LogP contribution in [0.25, 0.3) is 0 Å². The van der Waals surface area contributed by atoms with Crippen LogP contribution < -0.4 is 5.32 Å². The summed E-state index contributed by atoms with van der Waals surface area (Å²) in [5.41, 5.74) is 2.84. The van der Waals surface area contributed by atoms with Crippen LogP contribution in [0.3, 0.4) is 0 Å². The molecule has 1 nitrogen and oxygen atoms in total. The topological polar surface area (TPSA) is 12.0 Å². The molecule has 0 bridgehead atoms. The molecule has 0 amide bonds. The van der Waals surface area contributed by atoms with Crippen molar-refractivity contribution in [2.24, 2.45) is 0 Å². The molecule has 0 aliphatic heterocycles. The predicted molar refractivity (Wildman–Crippen MR) is 84.8 cm³/mol. The van der Waals surface area contributed by atoms with Gasteiger partial charge in [0.1, 0.15) is 0 Å². The van der Waals surface area contributed by atoms with Gasteiger partial charge in [0.15, 0.2) is 0 Å². The monoisotopic (exact) mass is 273 g/mol. The lowest BCUT2D eigenvalue weighted by Crippen LogP contribution is -2.31. The zero-order valence-electron chi connectivity index (χ0n) is 12.0. The molecule has 1 aromatic carbocycles. The minimum atomic E-state index is 0.485. The zero-order chi connectivity index (χ0) is 13.7. The van der Waals surface area contributed by atoms with Crippen LogP contribution in [0.2, 0.25) is 0 Å². The molecular weight excluding hydrogens is 250 g/mol. The molecule has 2 unspecified atom stereocenters. The van der Waals surface area contributed by atoms with Gasteiger partial charge >= 0.3 is 0 Å².